The maximum Gasteiger partial charge on any atom is 0.171 e. The fourth-order valence-electron chi connectivity index (χ4n) is 1.70. The van der Waals surface area contributed by atoms with Gasteiger partial charge in [0, 0.05) is 6.61 Å². The highest BCUT2D eigenvalue weighted by molar-refractivity contribution is 6.18. The average Bonchev–Trinajstić information content (AvgIpc) is 2.20. The van der Waals surface area contributed by atoms with Crippen molar-refractivity contribution < 1.29 is 14.6 Å². The second-order valence-electron chi connectivity index (χ2n) is 3.61. The summed E-state index contributed by atoms with van der Waals surface area (Å²) in [6.07, 6.45) is 3.23. The van der Waals surface area contributed by atoms with Crippen molar-refractivity contribution >= 4 is 11.6 Å². The van der Waals surface area contributed by atoms with Gasteiger partial charge in [-0.15, -0.1) is 11.6 Å². The van der Waals surface area contributed by atoms with Crippen LogP contribution in [0.25, 0.3) is 0 Å². The molecule has 1 atom stereocenters. The van der Waals surface area contributed by atoms with Crippen LogP contribution >= 0.6 is 11.6 Å². The molecule has 1 aliphatic carbocycles. The Morgan fingerprint density at radius 1 is 1.36 bits per heavy atom. The van der Waals surface area contributed by atoms with Crippen LogP contribution in [-0.4, -0.2) is 36.1 Å². The van der Waals surface area contributed by atoms with E-state index in [1.807, 2.05) is 6.92 Å². The van der Waals surface area contributed by atoms with E-state index in [0.717, 1.165) is 25.7 Å². The molecule has 0 heterocycles. The van der Waals surface area contributed by atoms with Crippen molar-refractivity contribution in [1.29, 1.82) is 0 Å². The Hall–Kier alpha value is 0.170. The Kier molecular flexibility index (Phi) is 5.78. The fraction of sp³-hybridized carbons (Fsp3) is 1.00. The van der Waals surface area contributed by atoms with Crippen LogP contribution in [0.1, 0.15) is 32.6 Å². The Morgan fingerprint density at radius 2 is 2.00 bits per heavy atom. The summed E-state index contributed by atoms with van der Waals surface area (Å²) in [5.41, 5.74) is 0. The quantitative estimate of drug-likeness (QED) is 0.571. The summed E-state index contributed by atoms with van der Waals surface area (Å²) in [5, 5.41) is 9.31. The Balaban J connectivity index is 2.21. The van der Waals surface area contributed by atoms with E-state index in [1.165, 1.54) is 0 Å². The first kappa shape index (κ1) is 12.2. The van der Waals surface area contributed by atoms with E-state index < -0.39 is 0 Å². The van der Waals surface area contributed by atoms with Crippen molar-refractivity contribution in [3.8, 4) is 0 Å². The molecule has 4 heteroatoms. The molecule has 0 amide bonds. The minimum Gasteiger partial charge on any atom is -0.393 e. The smallest absolute Gasteiger partial charge is 0.171 e. The van der Waals surface area contributed by atoms with Gasteiger partial charge in [-0.3, -0.25) is 0 Å². The lowest BCUT2D eigenvalue weighted by atomic mass is 9.95. The lowest BCUT2D eigenvalue weighted by molar-refractivity contribution is -0.165. The van der Waals surface area contributed by atoms with E-state index in [1.54, 1.807) is 0 Å². The monoisotopic (exact) mass is 222 g/mol. The second-order valence-corrected chi connectivity index (χ2v) is 3.91. The maximum atomic E-state index is 9.31. The number of hydrogen-bond donors (Lipinski definition) is 1. The predicted octanol–water partition coefficient (Wildman–Crippen LogP) is 1.91. The van der Waals surface area contributed by atoms with Gasteiger partial charge in [-0.25, -0.2) is 0 Å². The molecule has 0 aliphatic heterocycles. The standard InChI is InChI=1S/C10H19ClO3/c1-2-13-10(7-11)14-9-5-3-8(12)4-6-9/h8-10,12H,2-7H2,1H3. The summed E-state index contributed by atoms with van der Waals surface area (Å²) in [4.78, 5) is 0. The van der Waals surface area contributed by atoms with Gasteiger partial charge in [0.05, 0.1) is 18.1 Å². The Labute approximate surface area is 90.3 Å². The molecule has 0 aromatic carbocycles. The zero-order valence-corrected chi connectivity index (χ0v) is 9.37. The third kappa shape index (κ3) is 4.13. The Morgan fingerprint density at radius 3 is 2.50 bits per heavy atom. The van der Waals surface area contributed by atoms with E-state index in [4.69, 9.17) is 21.1 Å². The van der Waals surface area contributed by atoms with Gasteiger partial charge in [-0.05, 0) is 32.6 Å². The van der Waals surface area contributed by atoms with Crippen molar-refractivity contribution in [3.05, 3.63) is 0 Å². The number of halogens is 1. The molecule has 0 aromatic rings. The third-order valence-electron chi connectivity index (χ3n) is 2.47. The first-order valence-corrected chi connectivity index (χ1v) is 5.80. The number of aliphatic hydroxyl groups excluding tert-OH is 1. The number of hydrogen-bond acceptors (Lipinski definition) is 3. The zero-order chi connectivity index (χ0) is 10.4. The Bertz CT molecular complexity index is 146. The van der Waals surface area contributed by atoms with Crippen LogP contribution in [-0.2, 0) is 9.47 Å². The summed E-state index contributed by atoms with van der Waals surface area (Å²) >= 11 is 5.69. The van der Waals surface area contributed by atoms with Gasteiger partial charge in [-0.2, -0.15) is 0 Å². The zero-order valence-electron chi connectivity index (χ0n) is 8.62. The minimum atomic E-state index is -0.290. The van der Waals surface area contributed by atoms with Gasteiger partial charge in [0.1, 0.15) is 0 Å². The molecule has 1 rings (SSSR count). The van der Waals surface area contributed by atoms with Crippen LogP contribution in [0.4, 0.5) is 0 Å². The normalized spacial score (nSPS) is 30.2. The molecule has 0 saturated heterocycles. The van der Waals surface area contributed by atoms with E-state index in [9.17, 15) is 5.11 Å². The molecule has 1 fully saturated rings. The summed E-state index contributed by atoms with van der Waals surface area (Å²) in [6.45, 7) is 2.54. The molecule has 0 spiro atoms. The minimum absolute atomic E-state index is 0.142. The molecule has 1 saturated carbocycles. The first-order valence-electron chi connectivity index (χ1n) is 5.27. The van der Waals surface area contributed by atoms with Gasteiger partial charge >= 0.3 is 0 Å². The highest BCUT2D eigenvalue weighted by Gasteiger charge is 2.22. The van der Waals surface area contributed by atoms with E-state index in [-0.39, 0.29) is 18.5 Å². The molecule has 0 aromatic heterocycles. The van der Waals surface area contributed by atoms with Crippen molar-refractivity contribution in [2.45, 2.75) is 51.1 Å². The van der Waals surface area contributed by atoms with Crippen LogP contribution in [0.15, 0.2) is 0 Å². The summed E-state index contributed by atoms with van der Waals surface area (Å²) in [5.74, 6) is 0.368. The van der Waals surface area contributed by atoms with Crippen molar-refractivity contribution in [2.24, 2.45) is 0 Å². The summed E-state index contributed by atoms with van der Waals surface area (Å²) in [7, 11) is 0. The van der Waals surface area contributed by atoms with Crippen molar-refractivity contribution in [3.63, 3.8) is 0 Å². The highest BCUT2D eigenvalue weighted by Crippen LogP contribution is 2.22. The largest absolute Gasteiger partial charge is 0.393 e. The van der Waals surface area contributed by atoms with E-state index in [2.05, 4.69) is 0 Å². The molecule has 0 radical (unpaired) electrons. The van der Waals surface area contributed by atoms with Gasteiger partial charge in [-0.1, -0.05) is 0 Å². The molecule has 1 unspecified atom stereocenters. The number of rotatable bonds is 5. The van der Waals surface area contributed by atoms with Crippen LogP contribution in [0, 0.1) is 0 Å². The van der Waals surface area contributed by atoms with Gasteiger partial charge in [0.15, 0.2) is 6.29 Å². The van der Waals surface area contributed by atoms with Crippen molar-refractivity contribution in [1.82, 2.24) is 0 Å². The van der Waals surface area contributed by atoms with Crippen molar-refractivity contribution in [2.75, 3.05) is 12.5 Å². The molecule has 84 valence electrons. The third-order valence-corrected chi connectivity index (χ3v) is 2.72. The first-order chi connectivity index (χ1) is 6.76. The molecule has 1 aliphatic rings. The second kappa shape index (κ2) is 6.62. The molecular weight excluding hydrogens is 204 g/mol. The molecule has 0 bridgehead atoms. The molecule has 14 heavy (non-hydrogen) atoms. The SMILES string of the molecule is CCOC(CCl)OC1CCC(O)CC1. The maximum absolute atomic E-state index is 9.31. The molecular formula is C10H19ClO3. The van der Waals surface area contributed by atoms with Crippen LogP contribution in [0.3, 0.4) is 0 Å². The lowest BCUT2D eigenvalue weighted by Crippen LogP contribution is -2.30. The fourth-order valence-corrected chi connectivity index (χ4v) is 1.86. The predicted molar refractivity (Wildman–Crippen MR) is 55.5 cm³/mol. The van der Waals surface area contributed by atoms with Gasteiger partial charge < -0.3 is 14.6 Å². The van der Waals surface area contributed by atoms with Crippen LogP contribution in [0.5, 0.6) is 0 Å². The molecule has 1 N–H and O–H groups in total. The highest BCUT2D eigenvalue weighted by atomic mass is 35.5. The molecule has 3 nitrogen and oxygen atoms in total. The topological polar surface area (TPSA) is 38.7 Å². The van der Waals surface area contributed by atoms with E-state index >= 15 is 0 Å². The number of alkyl halides is 1. The summed E-state index contributed by atoms with van der Waals surface area (Å²) < 4.78 is 11.0. The number of ether oxygens (including phenoxy) is 2. The lowest BCUT2D eigenvalue weighted by Gasteiger charge is -2.28. The number of aliphatic hydroxyl groups is 1. The van der Waals surface area contributed by atoms with E-state index in [0.29, 0.717) is 12.5 Å². The van der Waals surface area contributed by atoms with Crippen LogP contribution < -0.4 is 0 Å². The van der Waals surface area contributed by atoms with Gasteiger partial charge in [0.2, 0.25) is 0 Å². The van der Waals surface area contributed by atoms with Crippen LogP contribution in [0.2, 0.25) is 0 Å². The average molecular weight is 223 g/mol. The van der Waals surface area contributed by atoms with Gasteiger partial charge in [0.25, 0.3) is 0 Å². The summed E-state index contributed by atoms with van der Waals surface area (Å²) in [6, 6.07) is 0.